The molecule has 1 aliphatic heterocycles. The van der Waals surface area contributed by atoms with E-state index in [1.54, 1.807) is 35.3 Å². The molecule has 47 heavy (non-hydrogen) atoms. The summed E-state index contributed by atoms with van der Waals surface area (Å²) < 4.78 is 73.1. The van der Waals surface area contributed by atoms with Gasteiger partial charge in [0.2, 0.25) is 10.0 Å². The predicted molar refractivity (Wildman–Crippen MR) is 172 cm³/mol. The highest BCUT2D eigenvalue weighted by molar-refractivity contribution is 8.02. The predicted octanol–water partition coefficient (Wildman–Crippen LogP) is 6.56. The van der Waals surface area contributed by atoms with E-state index in [9.17, 15) is 22.0 Å². The van der Waals surface area contributed by atoms with Crippen molar-refractivity contribution in [3.8, 4) is 17.2 Å². The van der Waals surface area contributed by atoms with E-state index in [1.165, 1.54) is 42.7 Å². The molecule has 0 unspecified atom stereocenters. The van der Waals surface area contributed by atoms with Gasteiger partial charge in [-0.15, -0.1) is 11.8 Å². The van der Waals surface area contributed by atoms with E-state index in [-0.39, 0.29) is 39.4 Å². The van der Waals surface area contributed by atoms with Gasteiger partial charge < -0.3 is 14.2 Å². The first-order valence-corrected chi connectivity index (χ1v) is 17.8. The fraction of sp³-hybridized carbons (Fsp3) is 0.323. The summed E-state index contributed by atoms with van der Waals surface area (Å²) in [5.41, 5.74) is 1.47. The highest BCUT2D eigenvalue weighted by Gasteiger charge is 2.42. The second kappa shape index (κ2) is 14.4. The number of carbonyl (C=O) groups excluding carboxylic acids is 1. The van der Waals surface area contributed by atoms with Crippen molar-refractivity contribution >= 4 is 51.0 Å². The minimum absolute atomic E-state index is 0.00711. The molecular weight excluding hydrogens is 697 g/mol. The molecule has 16 heteroatoms. The van der Waals surface area contributed by atoms with Crippen LogP contribution in [0.3, 0.4) is 0 Å². The van der Waals surface area contributed by atoms with Crippen LogP contribution in [0.4, 0.5) is 8.78 Å². The Bertz CT molecular complexity index is 1810. The molecule has 248 valence electrons. The number of hydrogen-bond acceptors (Lipinski definition) is 9. The number of halogens is 4. The fourth-order valence-electron chi connectivity index (χ4n) is 4.98. The summed E-state index contributed by atoms with van der Waals surface area (Å²) in [4.78, 5) is 17.8. The SMILES string of the molecule is O=C(O[C@@H](Cc1c(Cl)cncc1Cl)c1ccc(OC(F)F)c(OCC2CC2)c1)[C@@H]1SCCN1S(=O)(=O)c1ccc(-n2cccn2)cc1. The van der Waals surface area contributed by atoms with Gasteiger partial charge in [-0.05, 0) is 72.4 Å². The van der Waals surface area contributed by atoms with E-state index in [2.05, 4.69) is 14.8 Å². The van der Waals surface area contributed by atoms with Crippen LogP contribution in [0.5, 0.6) is 11.5 Å². The molecule has 2 aromatic carbocycles. The van der Waals surface area contributed by atoms with Crippen molar-refractivity contribution < 1.29 is 36.2 Å². The molecule has 3 heterocycles. The maximum Gasteiger partial charge on any atom is 0.387 e. The van der Waals surface area contributed by atoms with Gasteiger partial charge in [-0.3, -0.25) is 4.98 Å². The maximum atomic E-state index is 13.8. The molecule has 1 saturated carbocycles. The minimum Gasteiger partial charge on any atom is -0.489 e. The van der Waals surface area contributed by atoms with Crippen LogP contribution in [0.2, 0.25) is 10.0 Å². The summed E-state index contributed by atoms with van der Waals surface area (Å²) in [5, 5.41) is 3.40. The molecule has 10 nitrogen and oxygen atoms in total. The summed E-state index contributed by atoms with van der Waals surface area (Å²) in [6.45, 7) is -2.69. The van der Waals surface area contributed by atoms with Gasteiger partial charge in [0, 0.05) is 43.5 Å². The van der Waals surface area contributed by atoms with E-state index in [0.717, 1.165) is 28.9 Å². The summed E-state index contributed by atoms with van der Waals surface area (Å²) in [6, 6.07) is 12.2. The van der Waals surface area contributed by atoms with Gasteiger partial charge in [0.05, 0.1) is 27.2 Å². The number of ether oxygens (including phenoxy) is 3. The molecule has 0 amide bonds. The lowest BCUT2D eigenvalue weighted by molar-refractivity contribution is -0.150. The van der Waals surface area contributed by atoms with E-state index < -0.39 is 34.1 Å². The van der Waals surface area contributed by atoms with Crippen molar-refractivity contribution in [3.05, 3.63) is 94.5 Å². The standard InChI is InChI=1S/C31H28Cl2F2N4O6S2/c32-24-16-36-17-25(33)23(24)15-27(20-4-9-26(45-31(34)35)28(14-20)43-18-19-2-3-19)44-30(40)29-39(12-13-46-29)47(41,42)22-7-5-21(6-8-22)38-11-1-10-37-38/h1,4-11,14,16-17,19,27,29,31H,2-3,12-13,15,18H2/t27-,29-/m0/s1. The van der Waals surface area contributed by atoms with Crippen molar-refractivity contribution in [1.29, 1.82) is 0 Å². The Balaban J connectivity index is 1.28. The highest BCUT2D eigenvalue weighted by Crippen LogP contribution is 2.39. The molecular formula is C31H28Cl2F2N4O6S2. The normalized spacial score (nSPS) is 17.5. The topological polar surface area (TPSA) is 113 Å². The molecule has 6 rings (SSSR count). The van der Waals surface area contributed by atoms with Crippen LogP contribution in [-0.4, -0.2) is 64.3 Å². The zero-order chi connectivity index (χ0) is 33.1. The number of sulfonamides is 1. The number of rotatable bonds is 13. The molecule has 0 N–H and O–H groups in total. The Morgan fingerprint density at radius 1 is 1.06 bits per heavy atom. The number of pyridine rings is 1. The van der Waals surface area contributed by atoms with Crippen LogP contribution in [0, 0.1) is 5.92 Å². The second-order valence-electron chi connectivity index (χ2n) is 10.8. The van der Waals surface area contributed by atoms with Crippen molar-refractivity contribution in [3.63, 3.8) is 0 Å². The van der Waals surface area contributed by atoms with Gasteiger partial charge in [-0.1, -0.05) is 29.3 Å². The van der Waals surface area contributed by atoms with Gasteiger partial charge in [0.15, 0.2) is 16.9 Å². The average molecular weight is 726 g/mol. The third-order valence-corrected chi connectivity index (χ3v) is 11.4. The number of alkyl halides is 2. The highest BCUT2D eigenvalue weighted by atomic mass is 35.5. The number of esters is 1. The molecule has 2 aliphatic rings. The van der Waals surface area contributed by atoms with Gasteiger partial charge in [-0.2, -0.15) is 18.2 Å². The van der Waals surface area contributed by atoms with E-state index in [4.69, 9.17) is 32.7 Å². The second-order valence-corrected chi connectivity index (χ2v) is 14.7. The molecule has 1 aliphatic carbocycles. The van der Waals surface area contributed by atoms with Crippen LogP contribution in [0.15, 0.2) is 78.2 Å². The lowest BCUT2D eigenvalue weighted by atomic mass is 10.0. The third-order valence-electron chi connectivity index (χ3n) is 7.59. The van der Waals surface area contributed by atoms with Crippen molar-refractivity contribution in [2.24, 2.45) is 5.92 Å². The fourth-order valence-corrected chi connectivity index (χ4v) is 8.55. The average Bonchev–Trinajstić information content (AvgIpc) is 3.46. The lowest BCUT2D eigenvalue weighted by Crippen LogP contribution is -2.40. The molecule has 2 atom stereocenters. The van der Waals surface area contributed by atoms with E-state index in [0.29, 0.717) is 35.1 Å². The van der Waals surface area contributed by atoms with Crippen molar-refractivity contribution in [2.45, 2.75) is 42.2 Å². The Morgan fingerprint density at radius 3 is 2.47 bits per heavy atom. The number of carbonyl (C=O) groups is 1. The quantitative estimate of drug-likeness (QED) is 0.142. The van der Waals surface area contributed by atoms with Crippen molar-refractivity contribution in [1.82, 2.24) is 19.1 Å². The number of nitrogens with zero attached hydrogens (tertiary/aromatic N) is 4. The molecule has 2 fully saturated rings. The number of benzene rings is 2. The molecule has 0 bridgehead atoms. The monoisotopic (exact) mass is 724 g/mol. The Hall–Kier alpha value is -3.43. The largest absolute Gasteiger partial charge is 0.489 e. The summed E-state index contributed by atoms with van der Waals surface area (Å²) >= 11 is 14.0. The Kier molecular flexibility index (Phi) is 10.2. The first kappa shape index (κ1) is 33.5. The maximum absolute atomic E-state index is 13.8. The molecule has 4 aromatic rings. The first-order chi connectivity index (χ1) is 22.6. The Morgan fingerprint density at radius 2 is 1.81 bits per heavy atom. The lowest BCUT2D eigenvalue weighted by Gasteiger charge is -2.26. The molecule has 1 saturated heterocycles. The zero-order valence-corrected chi connectivity index (χ0v) is 27.7. The Labute approximate surface area is 284 Å². The first-order valence-electron chi connectivity index (χ1n) is 14.5. The van der Waals surface area contributed by atoms with Crippen molar-refractivity contribution in [2.75, 3.05) is 18.9 Å². The molecule has 0 spiro atoms. The van der Waals surface area contributed by atoms with Crippen LogP contribution in [0.25, 0.3) is 5.69 Å². The zero-order valence-electron chi connectivity index (χ0n) is 24.5. The number of hydrogen-bond donors (Lipinski definition) is 0. The summed E-state index contributed by atoms with van der Waals surface area (Å²) in [5.74, 6) is -0.257. The summed E-state index contributed by atoms with van der Waals surface area (Å²) in [6.07, 6.45) is 6.98. The van der Waals surface area contributed by atoms with Crippen LogP contribution in [-0.2, 0) is 26.0 Å². The van der Waals surface area contributed by atoms with Gasteiger partial charge >= 0.3 is 12.6 Å². The van der Waals surface area contributed by atoms with Crippen LogP contribution < -0.4 is 9.47 Å². The third kappa shape index (κ3) is 7.83. The van der Waals surface area contributed by atoms with Crippen LogP contribution in [0.1, 0.15) is 30.1 Å². The van der Waals surface area contributed by atoms with E-state index in [1.807, 2.05) is 0 Å². The molecule has 2 aromatic heterocycles. The number of thioether (sulfide) groups is 1. The minimum atomic E-state index is -4.10. The van der Waals surface area contributed by atoms with Gasteiger partial charge in [0.1, 0.15) is 6.10 Å². The van der Waals surface area contributed by atoms with Gasteiger partial charge in [-0.25, -0.2) is 17.9 Å². The number of aromatic nitrogens is 3. The molecule has 0 radical (unpaired) electrons. The smallest absolute Gasteiger partial charge is 0.387 e. The summed E-state index contributed by atoms with van der Waals surface area (Å²) in [7, 11) is -4.10. The van der Waals surface area contributed by atoms with E-state index >= 15 is 0 Å². The van der Waals surface area contributed by atoms with Gasteiger partial charge in [0.25, 0.3) is 0 Å². The van der Waals surface area contributed by atoms with Crippen LogP contribution >= 0.6 is 35.0 Å².